The van der Waals surface area contributed by atoms with Crippen molar-refractivity contribution in [3.63, 3.8) is 0 Å². The second-order valence-corrected chi connectivity index (χ2v) is 3.70. The molecule has 1 saturated heterocycles. The largest absolute Gasteiger partial charge is 0.320 e. The van der Waals surface area contributed by atoms with Crippen molar-refractivity contribution in [3.05, 3.63) is 12.7 Å². The molecule has 0 bridgehead atoms. The molecular weight excluding hydrogens is 226 g/mol. The highest BCUT2D eigenvalue weighted by Gasteiger charge is 2.33. The van der Waals surface area contributed by atoms with E-state index in [0.29, 0.717) is 0 Å². The lowest BCUT2D eigenvalue weighted by atomic mass is 10.2. The van der Waals surface area contributed by atoms with Gasteiger partial charge in [0.1, 0.15) is 31.8 Å². The van der Waals surface area contributed by atoms with Gasteiger partial charge in [-0.1, -0.05) is 0 Å². The molecule has 1 aromatic heterocycles. The van der Waals surface area contributed by atoms with E-state index >= 15 is 0 Å². The zero-order valence-corrected chi connectivity index (χ0v) is 9.16. The minimum Gasteiger partial charge on any atom is -0.320 e. The first-order valence-electron chi connectivity index (χ1n) is 5.03. The van der Waals surface area contributed by atoms with Crippen LogP contribution in [0.4, 0.5) is 0 Å². The van der Waals surface area contributed by atoms with E-state index in [4.69, 9.17) is 0 Å². The normalized spacial score (nSPS) is 20.3. The summed E-state index contributed by atoms with van der Waals surface area (Å²) in [5.41, 5.74) is 0. The van der Waals surface area contributed by atoms with Crippen LogP contribution in [-0.4, -0.2) is 50.0 Å². The number of amides is 3. The molecule has 1 aliphatic heterocycles. The zero-order valence-electron chi connectivity index (χ0n) is 9.16. The van der Waals surface area contributed by atoms with Crippen molar-refractivity contribution in [3.8, 4) is 0 Å². The number of carbonyl (C=O) groups excluding carboxylic acids is 3. The molecule has 0 spiro atoms. The Hall–Kier alpha value is -2.25. The first-order valence-corrected chi connectivity index (χ1v) is 5.03. The molecule has 1 fully saturated rings. The maximum atomic E-state index is 11.9. The van der Waals surface area contributed by atoms with Crippen LogP contribution in [0.25, 0.3) is 0 Å². The van der Waals surface area contributed by atoms with Gasteiger partial charge in [-0.25, -0.2) is 9.67 Å². The molecule has 1 aliphatic rings. The second kappa shape index (κ2) is 4.32. The van der Waals surface area contributed by atoms with E-state index in [1.807, 2.05) is 0 Å². The molecule has 0 saturated carbocycles. The summed E-state index contributed by atoms with van der Waals surface area (Å²) in [6.07, 6.45) is 2.71. The molecule has 1 atom stereocenters. The number of hydrogen-bond donors (Lipinski definition) is 1. The van der Waals surface area contributed by atoms with E-state index in [0.717, 1.165) is 0 Å². The SMILES string of the molecule is CC1C(=O)NC(=O)CN1C(=O)Cn1cncn1. The monoisotopic (exact) mass is 237 g/mol. The van der Waals surface area contributed by atoms with Gasteiger partial charge in [0, 0.05) is 0 Å². The van der Waals surface area contributed by atoms with Gasteiger partial charge in [0.15, 0.2) is 0 Å². The standard InChI is InChI=1S/C9H11N5O3/c1-6-9(17)12-7(15)2-14(6)8(16)3-13-5-10-4-11-13/h4-6H,2-3H2,1H3,(H,12,15,17). The van der Waals surface area contributed by atoms with Gasteiger partial charge in [-0.2, -0.15) is 5.10 Å². The van der Waals surface area contributed by atoms with Gasteiger partial charge in [-0.05, 0) is 6.92 Å². The van der Waals surface area contributed by atoms with Crippen molar-refractivity contribution in [1.82, 2.24) is 25.0 Å². The third-order valence-electron chi connectivity index (χ3n) is 2.51. The summed E-state index contributed by atoms with van der Waals surface area (Å²) < 4.78 is 1.34. The Morgan fingerprint density at radius 1 is 1.59 bits per heavy atom. The van der Waals surface area contributed by atoms with Crippen LogP contribution in [-0.2, 0) is 20.9 Å². The van der Waals surface area contributed by atoms with E-state index in [2.05, 4.69) is 15.4 Å². The Bertz CT molecular complexity index is 455. The quantitative estimate of drug-likeness (QED) is 0.609. The predicted octanol–water partition coefficient (Wildman–Crippen LogP) is -1.85. The minimum absolute atomic E-state index is 0.0368. The Balaban J connectivity index is 2.07. The molecule has 8 nitrogen and oxygen atoms in total. The van der Waals surface area contributed by atoms with E-state index in [1.54, 1.807) is 6.92 Å². The van der Waals surface area contributed by atoms with Gasteiger partial charge in [0.25, 0.3) is 0 Å². The Labute approximate surface area is 96.6 Å². The number of nitrogens with zero attached hydrogens (tertiary/aromatic N) is 4. The van der Waals surface area contributed by atoms with Crippen LogP contribution >= 0.6 is 0 Å². The van der Waals surface area contributed by atoms with Crippen LogP contribution in [0.3, 0.4) is 0 Å². The smallest absolute Gasteiger partial charge is 0.249 e. The lowest BCUT2D eigenvalue weighted by Crippen LogP contribution is -2.59. The number of imide groups is 1. The van der Waals surface area contributed by atoms with Crippen molar-refractivity contribution < 1.29 is 14.4 Å². The van der Waals surface area contributed by atoms with Crippen molar-refractivity contribution in [2.45, 2.75) is 19.5 Å². The molecule has 17 heavy (non-hydrogen) atoms. The zero-order chi connectivity index (χ0) is 12.4. The molecule has 8 heteroatoms. The van der Waals surface area contributed by atoms with Crippen molar-refractivity contribution >= 4 is 17.7 Å². The molecule has 90 valence electrons. The van der Waals surface area contributed by atoms with Crippen molar-refractivity contribution in [2.75, 3.05) is 6.54 Å². The number of hydrogen-bond acceptors (Lipinski definition) is 5. The first-order chi connectivity index (χ1) is 8.08. The fourth-order valence-corrected chi connectivity index (χ4v) is 1.56. The molecule has 2 rings (SSSR count). The summed E-state index contributed by atoms with van der Waals surface area (Å²) in [5.74, 6) is -1.28. The lowest BCUT2D eigenvalue weighted by molar-refractivity contribution is -0.149. The minimum atomic E-state index is -0.649. The topological polar surface area (TPSA) is 97.2 Å². The van der Waals surface area contributed by atoms with Crippen LogP contribution in [0.2, 0.25) is 0 Å². The number of piperazine rings is 1. The molecule has 0 aliphatic carbocycles. The molecule has 1 aromatic rings. The Morgan fingerprint density at radius 3 is 3.00 bits per heavy atom. The third kappa shape index (κ3) is 2.30. The van der Waals surface area contributed by atoms with Gasteiger partial charge in [0.2, 0.25) is 17.7 Å². The molecule has 1 N–H and O–H groups in total. The highest BCUT2D eigenvalue weighted by atomic mass is 16.2. The van der Waals surface area contributed by atoms with Crippen LogP contribution in [0.5, 0.6) is 0 Å². The van der Waals surface area contributed by atoms with E-state index in [9.17, 15) is 14.4 Å². The Kier molecular flexibility index (Phi) is 2.86. The third-order valence-corrected chi connectivity index (χ3v) is 2.51. The molecule has 0 radical (unpaired) electrons. The number of carbonyl (C=O) groups is 3. The average molecular weight is 237 g/mol. The predicted molar refractivity (Wildman–Crippen MR) is 54.3 cm³/mol. The van der Waals surface area contributed by atoms with E-state index < -0.39 is 17.9 Å². The average Bonchev–Trinajstić information content (AvgIpc) is 2.76. The highest BCUT2D eigenvalue weighted by Crippen LogP contribution is 2.05. The maximum Gasteiger partial charge on any atom is 0.249 e. The molecule has 0 aromatic carbocycles. The molecule has 3 amide bonds. The van der Waals surface area contributed by atoms with E-state index in [1.165, 1.54) is 22.2 Å². The van der Waals surface area contributed by atoms with Crippen LogP contribution in [0.1, 0.15) is 6.92 Å². The summed E-state index contributed by atoms with van der Waals surface area (Å²) in [7, 11) is 0. The van der Waals surface area contributed by atoms with Crippen LogP contribution < -0.4 is 5.32 Å². The van der Waals surface area contributed by atoms with Gasteiger partial charge >= 0.3 is 0 Å². The number of nitrogens with one attached hydrogen (secondary N) is 1. The van der Waals surface area contributed by atoms with Crippen molar-refractivity contribution in [1.29, 1.82) is 0 Å². The highest BCUT2D eigenvalue weighted by molar-refractivity contribution is 6.04. The summed E-state index contributed by atoms with van der Waals surface area (Å²) in [4.78, 5) is 39.3. The lowest BCUT2D eigenvalue weighted by Gasteiger charge is -2.31. The summed E-state index contributed by atoms with van der Waals surface area (Å²) in [6, 6.07) is -0.649. The number of aromatic nitrogens is 3. The second-order valence-electron chi connectivity index (χ2n) is 3.70. The number of rotatable bonds is 2. The molecular formula is C9H11N5O3. The van der Waals surface area contributed by atoms with E-state index in [-0.39, 0.29) is 19.0 Å². The van der Waals surface area contributed by atoms with Crippen LogP contribution in [0.15, 0.2) is 12.7 Å². The fraction of sp³-hybridized carbons (Fsp3) is 0.444. The summed E-state index contributed by atoms with van der Waals surface area (Å²) >= 11 is 0. The maximum absolute atomic E-state index is 11.9. The van der Waals surface area contributed by atoms with Crippen LogP contribution in [0, 0.1) is 0 Å². The first kappa shape index (κ1) is 11.2. The van der Waals surface area contributed by atoms with Gasteiger partial charge in [0.05, 0.1) is 0 Å². The molecule has 1 unspecified atom stereocenters. The van der Waals surface area contributed by atoms with Gasteiger partial charge in [-0.15, -0.1) is 0 Å². The van der Waals surface area contributed by atoms with Crippen molar-refractivity contribution in [2.24, 2.45) is 0 Å². The molecule has 2 heterocycles. The fourth-order valence-electron chi connectivity index (χ4n) is 1.56. The summed E-state index contributed by atoms with van der Waals surface area (Å²) in [5, 5.41) is 5.95. The van der Waals surface area contributed by atoms with Gasteiger partial charge < -0.3 is 4.90 Å². The van der Waals surface area contributed by atoms with Gasteiger partial charge in [-0.3, -0.25) is 19.7 Å². The summed E-state index contributed by atoms with van der Waals surface area (Å²) in [6.45, 7) is 1.42. The Morgan fingerprint density at radius 2 is 2.35 bits per heavy atom.